The molecule has 34 heavy (non-hydrogen) atoms. The molecule has 1 fully saturated rings. The molecule has 2 aromatic rings. The van der Waals surface area contributed by atoms with E-state index in [4.69, 9.17) is 14.9 Å². The highest BCUT2D eigenvalue weighted by Gasteiger charge is 2.26. The number of carbonyl (C=O) groups is 1. The third-order valence-corrected chi connectivity index (χ3v) is 5.73. The normalized spacial score (nSPS) is 20.2. The molecule has 7 heteroatoms. The molecular formula is C27H36N4O3. The molecule has 182 valence electrons. The number of hydrogen-bond donors (Lipinski definition) is 2. The highest BCUT2D eigenvalue weighted by molar-refractivity contribution is 5.71. The summed E-state index contributed by atoms with van der Waals surface area (Å²) < 4.78 is 8.25. The van der Waals surface area contributed by atoms with Gasteiger partial charge < -0.3 is 9.30 Å². The van der Waals surface area contributed by atoms with E-state index in [1.165, 1.54) is 29.2 Å². The number of hydroxylamine groups is 1. The Kier molecular flexibility index (Phi) is 9.39. The number of nitrogens with zero attached hydrogens (tertiary/aromatic N) is 3. The first-order valence-corrected chi connectivity index (χ1v) is 11.8. The molecule has 1 aromatic heterocycles. The Morgan fingerprint density at radius 3 is 2.53 bits per heavy atom. The van der Waals surface area contributed by atoms with Crippen LogP contribution >= 0.6 is 0 Å². The van der Waals surface area contributed by atoms with Gasteiger partial charge in [-0.1, -0.05) is 48.6 Å². The summed E-state index contributed by atoms with van der Waals surface area (Å²) >= 11 is 0. The molecule has 2 aliphatic rings. The highest BCUT2D eigenvalue weighted by Crippen LogP contribution is 2.29. The summed E-state index contributed by atoms with van der Waals surface area (Å²) in [6.07, 6.45) is 13.4. The average molecular weight is 465 g/mol. The molecule has 1 aromatic carbocycles. The van der Waals surface area contributed by atoms with Crippen LogP contribution < -0.4 is 5.48 Å². The summed E-state index contributed by atoms with van der Waals surface area (Å²) in [6.45, 7) is 10.4. The SMILES string of the molecule is C/C=C/CC1=CCc2nc(-c3ccccc3)c(CN3CC(C)OC(C)C3)n2C=C1.CC(=O)NO. The van der Waals surface area contributed by atoms with Gasteiger partial charge in [0, 0.05) is 44.7 Å². The fraction of sp³-hybridized carbons (Fsp3) is 0.407. The second kappa shape index (κ2) is 12.5. The predicted molar refractivity (Wildman–Crippen MR) is 135 cm³/mol. The number of ether oxygens (including phenoxy) is 1. The highest BCUT2D eigenvalue weighted by atomic mass is 16.5. The maximum atomic E-state index is 9.45. The van der Waals surface area contributed by atoms with E-state index in [9.17, 15) is 4.79 Å². The van der Waals surface area contributed by atoms with E-state index < -0.39 is 5.91 Å². The van der Waals surface area contributed by atoms with E-state index in [1.54, 1.807) is 0 Å². The number of carbonyl (C=O) groups excluding carboxylic acids is 1. The third kappa shape index (κ3) is 7.00. The van der Waals surface area contributed by atoms with E-state index in [0.29, 0.717) is 0 Å². The van der Waals surface area contributed by atoms with Gasteiger partial charge in [-0.25, -0.2) is 10.5 Å². The lowest BCUT2D eigenvalue weighted by Gasteiger charge is -2.35. The molecular weight excluding hydrogens is 428 g/mol. The molecule has 2 unspecified atom stereocenters. The van der Waals surface area contributed by atoms with E-state index in [1.807, 2.05) is 0 Å². The summed E-state index contributed by atoms with van der Waals surface area (Å²) in [4.78, 5) is 17.0. The minimum absolute atomic E-state index is 0.259. The zero-order valence-electron chi connectivity index (χ0n) is 20.6. The van der Waals surface area contributed by atoms with Crippen LogP contribution in [-0.2, 0) is 22.5 Å². The molecule has 4 rings (SSSR count). The van der Waals surface area contributed by atoms with Crippen molar-refractivity contribution in [3.8, 4) is 11.3 Å². The molecule has 3 heterocycles. The smallest absolute Gasteiger partial charge is 0.240 e. The van der Waals surface area contributed by atoms with Gasteiger partial charge in [-0.05, 0) is 38.8 Å². The van der Waals surface area contributed by atoms with Crippen molar-refractivity contribution in [1.29, 1.82) is 0 Å². The minimum Gasteiger partial charge on any atom is -0.373 e. The number of morpholine rings is 1. The zero-order valence-corrected chi connectivity index (χ0v) is 20.6. The number of fused-ring (bicyclic) bond motifs is 1. The van der Waals surface area contributed by atoms with Crippen LogP contribution in [0.3, 0.4) is 0 Å². The van der Waals surface area contributed by atoms with E-state index in [2.05, 4.69) is 91.1 Å². The van der Waals surface area contributed by atoms with Crippen LogP contribution in [0.2, 0.25) is 0 Å². The quantitative estimate of drug-likeness (QED) is 0.384. The van der Waals surface area contributed by atoms with Crippen molar-refractivity contribution < 1.29 is 14.7 Å². The number of amides is 1. The number of rotatable bonds is 5. The van der Waals surface area contributed by atoms with Gasteiger partial charge in [0.15, 0.2) is 0 Å². The first kappa shape index (κ1) is 25.6. The van der Waals surface area contributed by atoms with Crippen molar-refractivity contribution >= 4 is 12.1 Å². The second-order valence-corrected chi connectivity index (χ2v) is 8.75. The standard InChI is InChI=1S/C25H31N3O.C2H5NO2/c1-4-5-9-21-12-13-24-26-25(22-10-7-6-8-11-22)23(28(24)15-14-21)18-27-16-19(2)29-20(3)17-27;1-2(4)3-5/h4-8,10-12,14-15,19-20H,9,13,16-18H2,1-3H3;5H,1H3,(H,3,4)/b5-4+;. The molecule has 0 bridgehead atoms. The number of nitrogens with one attached hydrogen (secondary N) is 1. The molecule has 7 nitrogen and oxygen atoms in total. The minimum atomic E-state index is -0.440. The monoisotopic (exact) mass is 464 g/mol. The maximum Gasteiger partial charge on any atom is 0.240 e. The van der Waals surface area contributed by atoms with Crippen molar-refractivity contribution in [1.82, 2.24) is 19.9 Å². The van der Waals surface area contributed by atoms with Gasteiger partial charge in [-0.3, -0.25) is 14.9 Å². The van der Waals surface area contributed by atoms with Gasteiger partial charge in [0.2, 0.25) is 5.91 Å². The summed E-state index contributed by atoms with van der Waals surface area (Å²) in [5.74, 6) is 0.671. The van der Waals surface area contributed by atoms with Gasteiger partial charge in [0.1, 0.15) is 5.82 Å². The van der Waals surface area contributed by atoms with Crippen LogP contribution in [0.25, 0.3) is 17.5 Å². The van der Waals surface area contributed by atoms with Gasteiger partial charge in [-0.15, -0.1) is 0 Å². The fourth-order valence-corrected chi connectivity index (χ4v) is 4.31. The van der Waals surface area contributed by atoms with Crippen LogP contribution in [0.1, 0.15) is 45.6 Å². The Balaban J connectivity index is 0.000000588. The molecule has 1 saturated heterocycles. The Labute approximate surface area is 202 Å². The van der Waals surface area contributed by atoms with Crippen molar-refractivity contribution in [2.45, 2.75) is 59.3 Å². The summed E-state index contributed by atoms with van der Waals surface area (Å²) in [6, 6.07) is 10.6. The molecule has 2 atom stereocenters. The van der Waals surface area contributed by atoms with Gasteiger partial charge >= 0.3 is 0 Å². The summed E-state index contributed by atoms with van der Waals surface area (Å²) in [5.41, 5.74) is 6.28. The number of benzene rings is 1. The number of aromatic nitrogens is 2. The largest absolute Gasteiger partial charge is 0.373 e. The van der Waals surface area contributed by atoms with Crippen LogP contribution in [0, 0.1) is 0 Å². The molecule has 2 aliphatic heterocycles. The first-order chi connectivity index (χ1) is 16.4. The van der Waals surface area contributed by atoms with Gasteiger partial charge in [0.25, 0.3) is 0 Å². The average Bonchev–Trinajstić information content (AvgIpc) is 3.02. The van der Waals surface area contributed by atoms with Crippen molar-refractivity contribution in [3.05, 3.63) is 71.7 Å². The van der Waals surface area contributed by atoms with Crippen LogP contribution in [0.4, 0.5) is 0 Å². The Morgan fingerprint density at radius 2 is 1.91 bits per heavy atom. The van der Waals surface area contributed by atoms with E-state index in [-0.39, 0.29) is 12.2 Å². The molecule has 2 N–H and O–H groups in total. The number of allylic oxidation sites excluding steroid dienone is 5. The van der Waals surface area contributed by atoms with Crippen LogP contribution in [0.5, 0.6) is 0 Å². The lowest BCUT2D eigenvalue weighted by atomic mass is 10.1. The second-order valence-electron chi connectivity index (χ2n) is 8.75. The van der Waals surface area contributed by atoms with Crippen LogP contribution in [0.15, 0.2) is 60.2 Å². The van der Waals surface area contributed by atoms with Gasteiger partial charge in [0.05, 0.1) is 23.6 Å². The van der Waals surface area contributed by atoms with Crippen molar-refractivity contribution in [2.75, 3.05) is 13.1 Å². The number of imidazole rings is 1. The van der Waals surface area contributed by atoms with E-state index in [0.717, 1.165) is 44.0 Å². The molecule has 0 spiro atoms. The number of hydrogen-bond acceptors (Lipinski definition) is 5. The Bertz CT molecular complexity index is 1030. The first-order valence-electron chi connectivity index (χ1n) is 11.8. The van der Waals surface area contributed by atoms with Gasteiger partial charge in [-0.2, -0.15) is 0 Å². The lowest BCUT2D eigenvalue weighted by Crippen LogP contribution is -2.45. The topological polar surface area (TPSA) is 79.6 Å². The fourth-order valence-electron chi connectivity index (χ4n) is 4.31. The summed E-state index contributed by atoms with van der Waals surface area (Å²) in [7, 11) is 0. The van der Waals surface area contributed by atoms with Crippen molar-refractivity contribution in [3.63, 3.8) is 0 Å². The van der Waals surface area contributed by atoms with Crippen molar-refractivity contribution in [2.24, 2.45) is 0 Å². The van der Waals surface area contributed by atoms with E-state index >= 15 is 0 Å². The molecule has 1 amide bonds. The Morgan fingerprint density at radius 1 is 1.24 bits per heavy atom. The summed E-state index contributed by atoms with van der Waals surface area (Å²) in [5, 5.41) is 7.54. The lowest BCUT2D eigenvalue weighted by molar-refractivity contribution is -0.126. The maximum absolute atomic E-state index is 9.45. The predicted octanol–water partition coefficient (Wildman–Crippen LogP) is 4.59. The molecule has 0 radical (unpaired) electrons. The molecule has 0 aliphatic carbocycles. The Hall–Kier alpha value is -3.00. The zero-order chi connectivity index (χ0) is 24.5. The molecule has 0 saturated carbocycles. The third-order valence-electron chi connectivity index (χ3n) is 5.73. The van der Waals surface area contributed by atoms with Crippen LogP contribution in [-0.4, -0.2) is 50.9 Å².